The molecular weight excluding hydrogens is 392 g/mol. The SMILES string of the molecule is CCCCC[C@H](C/C=C/C(=O)C[C@@H](O[Si](CC)(CC)CC)c1ccccc1)OC=O. The summed E-state index contributed by atoms with van der Waals surface area (Å²) >= 11 is 0. The quantitative estimate of drug-likeness (QED) is 0.118. The molecule has 2 atom stereocenters. The van der Waals surface area contributed by atoms with E-state index in [-0.39, 0.29) is 18.0 Å². The van der Waals surface area contributed by atoms with E-state index in [1.165, 1.54) is 0 Å². The van der Waals surface area contributed by atoms with Crippen molar-refractivity contribution in [3.8, 4) is 0 Å². The maximum Gasteiger partial charge on any atom is 0.293 e. The number of ether oxygens (including phenoxy) is 1. The number of unbranched alkanes of at least 4 members (excludes halogenated alkanes) is 2. The second-order valence-corrected chi connectivity index (χ2v) is 12.6. The smallest absolute Gasteiger partial charge is 0.293 e. The molecule has 0 heterocycles. The minimum atomic E-state index is -1.84. The molecular formula is C25H40O4Si. The Labute approximate surface area is 184 Å². The van der Waals surface area contributed by atoms with E-state index < -0.39 is 8.32 Å². The number of benzene rings is 1. The first-order valence-electron chi connectivity index (χ1n) is 11.5. The number of carbonyl (C=O) groups excluding carboxylic acids is 2. The molecule has 168 valence electrons. The number of hydrogen-bond donors (Lipinski definition) is 0. The number of carbonyl (C=O) groups is 2. The van der Waals surface area contributed by atoms with E-state index in [1.54, 1.807) is 6.08 Å². The fraction of sp³-hybridized carbons (Fsp3) is 0.600. The molecule has 0 radical (unpaired) electrons. The molecule has 0 amide bonds. The third kappa shape index (κ3) is 9.39. The Morgan fingerprint density at radius 3 is 2.27 bits per heavy atom. The van der Waals surface area contributed by atoms with Crippen LogP contribution in [0, 0.1) is 0 Å². The largest absolute Gasteiger partial charge is 0.464 e. The molecule has 0 aliphatic carbocycles. The third-order valence-corrected chi connectivity index (χ3v) is 10.6. The van der Waals surface area contributed by atoms with E-state index in [9.17, 15) is 9.59 Å². The average molecular weight is 433 g/mol. The van der Waals surface area contributed by atoms with Crippen molar-refractivity contribution in [2.45, 2.75) is 96.6 Å². The van der Waals surface area contributed by atoms with Crippen LogP contribution in [0.3, 0.4) is 0 Å². The second-order valence-electron chi connectivity index (χ2n) is 7.92. The molecule has 4 nitrogen and oxygen atoms in total. The van der Waals surface area contributed by atoms with E-state index in [2.05, 4.69) is 27.7 Å². The zero-order valence-electron chi connectivity index (χ0n) is 19.3. The first-order chi connectivity index (χ1) is 14.5. The van der Waals surface area contributed by atoms with Gasteiger partial charge in [0.1, 0.15) is 6.10 Å². The van der Waals surface area contributed by atoms with Crippen molar-refractivity contribution >= 4 is 20.6 Å². The summed E-state index contributed by atoms with van der Waals surface area (Å²) < 4.78 is 11.9. The lowest BCUT2D eigenvalue weighted by molar-refractivity contribution is -0.133. The van der Waals surface area contributed by atoms with Crippen LogP contribution in [-0.4, -0.2) is 26.7 Å². The molecule has 1 aromatic carbocycles. The fourth-order valence-corrected chi connectivity index (χ4v) is 6.56. The maximum absolute atomic E-state index is 12.7. The molecule has 0 saturated heterocycles. The van der Waals surface area contributed by atoms with Gasteiger partial charge >= 0.3 is 0 Å². The molecule has 0 N–H and O–H groups in total. The van der Waals surface area contributed by atoms with Crippen LogP contribution in [0.1, 0.15) is 77.9 Å². The van der Waals surface area contributed by atoms with Crippen LogP contribution >= 0.6 is 0 Å². The molecule has 0 spiro atoms. The minimum Gasteiger partial charge on any atom is -0.464 e. The maximum atomic E-state index is 12.7. The van der Waals surface area contributed by atoms with Crippen molar-refractivity contribution in [1.82, 2.24) is 0 Å². The van der Waals surface area contributed by atoms with Crippen LogP contribution in [-0.2, 0) is 18.8 Å². The van der Waals surface area contributed by atoms with Crippen molar-refractivity contribution in [2.24, 2.45) is 0 Å². The number of hydrogen-bond acceptors (Lipinski definition) is 4. The summed E-state index contributed by atoms with van der Waals surface area (Å²) in [6, 6.07) is 13.2. The highest BCUT2D eigenvalue weighted by molar-refractivity contribution is 6.73. The Hall–Kier alpha value is -1.72. The Bertz CT molecular complexity index is 617. The monoisotopic (exact) mass is 432 g/mol. The summed E-state index contributed by atoms with van der Waals surface area (Å²) in [6.45, 7) is 9.26. The molecule has 0 aliphatic heterocycles. The minimum absolute atomic E-state index is 0.0495. The van der Waals surface area contributed by atoms with E-state index >= 15 is 0 Å². The molecule has 0 saturated carbocycles. The van der Waals surface area contributed by atoms with Gasteiger partial charge < -0.3 is 9.16 Å². The molecule has 0 aromatic heterocycles. The van der Waals surface area contributed by atoms with Crippen molar-refractivity contribution < 1.29 is 18.8 Å². The summed E-state index contributed by atoms with van der Waals surface area (Å²) in [5, 5.41) is 0. The molecule has 30 heavy (non-hydrogen) atoms. The second kappa shape index (κ2) is 15.1. The fourth-order valence-electron chi connectivity index (χ4n) is 3.74. The molecule has 1 rings (SSSR count). The van der Waals surface area contributed by atoms with Crippen LogP contribution in [0.4, 0.5) is 0 Å². The van der Waals surface area contributed by atoms with Crippen LogP contribution in [0.15, 0.2) is 42.5 Å². The van der Waals surface area contributed by atoms with E-state index in [0.717, 1.165) is 49.4 Å². The van der Waals surface area contributed by atoms with Crippen LogP contribution < -0.4 is 0 Å². The van der Waals surface area contributed by atoms with Crippen molar-refractivity contribution in [1.29, 1.82) is 0 Å². The van der Waals surface area contributed by atoms with E-state index in [4.69, 9.17) is 9.16 Å². The molecule has 5 heteroatoms. The third-order valence-electron chi connectivity index (χ3n) is 5.96. The van der Waals surface area contributed by atoms with Gasteiger partial charge in [-0.05, 0) is 42.6 Å². The predicted octanol–water partition coefficient (Wildman–Crippen LogP) is 6.78. The van der Waals surface area contributed by atoms with Crippen molar-refractivity contribution in [3.05, 3.63) is 48.0 Å². The topological polar surface area (TPSA) is 52.6 Å². The van der Waals surface area contributed by atoms with Gasteiger partial charge in [-0.15, -0.1) is 0 Å². The number of ketones is 1. The van der Waals surface area contributed by atoms with Crippen molar-refractivity contribution in [2.75, 3.05) is 0 Å². The zero-order chi connectivity index (χ0) is 22.2. The number of rotatable bonds is 17. The lowest BCUT2D eigenvalue weighted by atomic mass is 10.0. The van der Waals surface area contributed by atoms with E-state index in [0.29, 0.717) is 19.3 Å². The van der Waals surface area contributed by atoms with Gasteiger partial charge in [0.25, 0.3) is 6.47 Å². The van der Waals surface area contributed by atoms with E-state index in [1.807, 2.05) is 36.4 Å². The van der Waals surface area contributed by atoms with Gasteiger partial charge in [0.15, 0.2) is 14.1 Å². The Morgan fingerprint density at radius 1 is 1.03 bits per heavy atom. The highest BCUT2D eigenvalue weighted by Crippen LogP contribution is 2.32. The standard InChI is InChI=1S/C25H40O4Si/c1-5-9-11-18-24(28-21-26)19-14-17-23(27)20-25(22-15-12-10-13-16-22)29-30(6-2,7-3)8-4/h10,12-17,21,24-25H,5-9,11,18-20H2,1-4H3/b17-14+/t24-,25-/m1/s1. The Morgan fingerprint density at radius 2 is 1.70 bits per heavy atom. The number of allylic oxidation sites excluding steroid dienone is 1. The van der Waals surface area contributed by atoms with Gasteiger partial charge in [0.05, 0.1) is 6.10 Å². The van der Waals surface area contributed by atoms with Gasteiger partial charge in [-0.25, -0.2) is 0 Å². The first kappa shape index (κ1) is 26.3. The molecule has 0 aliphatic rings. The molecule has 0 unspecified atom stereocenters. The zero-order valence-corrected chi connectivity index (χ0v) is 20.3. The predicted molar refractivity (Wildman–Crippen MR) is 126 cm³/mol. The molecule has 1 aromatic rings. The van der Waals surface area contributed by atoms with Gasteiger partial charge in [-0.2, -0.15) is 0 Å². The Balaban J connectivity index is 2.79. The van der Waals surface area contributed by atoms with Crippen LogP contribution in [0.5, 0.6) is 0 Å². The van der Waals surface area contributed by atoms with Gasteiger partial charge in [0.2, 0.25) is 0 Å². The van der Waals surface area contributed by atoms with Gasteiger partial charge in [0, 0.05) is 12.8 Å². The molecule has 0 bridgehead atoms. The Kier molecular flexibility index (Phi) is 13.3. The lowest BCUT2D eigenvalue weighted by Gasteiger charge is -2.33. The highest BCUT2D eigenvalue weighted by Gasteiger charge is 2.33. The summed E-state index contributed by atoms with van der Waals surface area (Å²) in [5.41, 5.74) is 1.06. The average Bonchev–Trinajstić information content (AvgIpc) is 2.77. The summed E-state index contributed by atoms with van der Waals surface area (Å²) in [4.78, 5) is 23.5. The summed E-state index contributed by atoms with van der Waals surface area (Å²) in [5.74, 6) is 0.0495. The van der Waals surface area contributed by atoms with Gasteiger partial charge in [-0.3, -0.25) is 9.59 Å². The summed E-state index contributed by atoms with van der Waals surface area (Å²) in [7, 11) is -1.84. The van der Waals surface area contributed by atoms with Crippen LogP contribution in [0.25, 0.3) is 0 Å². The normalized spacial score (nSPS) is 13.9. The van der Waals surface area contributed by atoms with Crippen molar-refractivity contribution in [3.63, 3.8) is 0 Å². The molecule has 0 fully saturated rings. The lowest BCUT2D eigenvalue weighted by Crippen LogP contribution is -2.37. The first-order valence-corrected chi connectivity index (χ1v) is 14.1. The van der Waals surface area contributed by atoms with Crippen LogP contribution in [0.2, 0.25) is 18.1 Å². The summed E-state index contributed by atoms with van der Waals surface area (Å²) in [6.07, 6.45) is 8.13. The highest BCUT2D eigenvalue weighted by atomic mass is 28.4. The van der Waals surface area contributed by atoms with Gasteiger partial charge in [-0.1, -0.05) is 76.9 Å².